The number of amides is 2. The molecule has 0 spiro atoms. The fraction of sp³-hybridized carbons (Fsp3) is 0.240. The smallest absolute Gasteiger partial charge is 0.274 e. The molecule has 5 rings (SSSR count). The minimum Gasteiger partial charge on any atom is -0.503 e. The van der Waals surface area contributed by atoms with E-state index in [0.29, 0.717) is 19.5 Å². The summed E-state index contributed by atoms with van der Waals surface area (Å²) in [7, 11) is 0. The van der Waals surface area contributed by atoms with Crippen LogP contribution in [0.5, 0.6) is 5.75 Å². The van der Waals surface area contributed by atoms with E-state index in [0.717, 1.165) is 16.7 Å². The van der Waals surface area contributed by atoms with Crippen LogP contribution in [0, 0.1) is 12.7 Å². The van der Waals surface area contributed by atoms with Gasteiger partial charge in [0.1, 0.15) is 11.4 Å². The molecule has 2 N–H and O–H groups in total. The zero-order valence-corrected chi connectivity index (χ0v) is 18.0. The number of nitrogens with one attached hydrogen (secondary N) is 1. The second kappa shape index (κ2) is 7.88. The summed E-state index contributed by atoms with van der Waals surface area (Å²) in [4.78, 5) is 40.4. The van der Waals surface area contributed by atoms with Gasteiger partial charge < -0.3 is 19.9 Å². The molecule has 2 aliphatic rings. The predicted octanol–water partition coefficient (Wildman–Crippen LogP) is 2.53. The van der Waals surface area contributed by atoms with Crippen molar-refractivity contribution in [3.63, 3.8) is 0 Å². The summed E-state index contributed by atoms with van der Waals surface area (Å²) in [6, 6.07) is 12.1. The standard InChI is InChI=1S/C25H22FN3O4/c1-14-6-7-16(19(26)10-14)11-27-24(32)18-12-29-20-13-28(25(33)21(29)23(31)22(18)30)9-8-15-4-2-3-5-17(15)20/h2-7,10,12,20,31H,8-9,11,13H2,1H3,(H,27,32). The first-order chi connectivity index (χ1) is 15.8. The van der Waals surface area contributed by atoms with Gasteiger partial charge in [0.2, 0.25) is 5.43 Å². The Morgan fingerprint density at radius 3 is 2.79 bits per heavy atom. The van der Waals surface area contributed by atoms with Crippen molar-refractivity contribution in [2.24, 2.45) is 0 Å². The van der Waals surface area contributed by atoms with Crippen LogP contribution in [0.2, 0.25) is 0 Å². The second-order valence-corrected chi connectivity index (χ2v) is 8.47. The first-order valence-corrected chi connectivity index (χ1v) is 10.7. The number of aromatic hydroxyl groups is 1. The SMILES string of the molecule is Cc1ccc(CNC(=O)c2cn3c(c(O)c2=O)C(=O)N2CCc4ccccc4C3C2)c(F)c1. The van der Waals surface area contributed by atoms with Gasteiger partial charge in [-0.05, 0) is 36.1 Å². The van der Waals surface area contributed by atoms with Gasteiger partial charge in [0, 0.05) is 31.4 Å². The third-order valence-corrected chi connectivity index (χ3v) is 6.39. The highest BCUT2D eigenvalue weighted by molar-refractivity contribution is 5.99. The number of pyridine rings is 1. The summed E-state index contributed by atoms with van der Waals surface area (Å²) in [6.45, 7) is 2.49. The Labute approximate surface area is 189 Å². The Bertz CT molecular complexity index is 1360. The van der Waals surface area contributed by atoms with Crippen molar-refractivity contribution in [3.05, 3.63) is 98.2 Å². The van der Waals surface area contributed by atoms with Crippen LogP contribution in [0.25, 0.3) is 0 Å². The van der Waals surface area contributed by atoms with Gasteiger partial charge in [0.05, 0.1) is 6.04 Å². The first-order valence-electron chi connectivity index (χ1n) is 10.7. The molecule has 3 heterocycles. The molecule has 2 bridgehead atoms. The largest absolute Gasteiger partial charge is 0.503 e. The fourth-order valence-corrected chi connectivity index (χ4v) is 4.62. The van der Waals surface area contributed by atoms with Gasteiger partial charge in [-0.2, -0.15) is 0 Å². The molecule has 1 unspecified atom stereocenters. The minimum atomic E-state index is -0.926. The maximum Gasteiger partial charge on any atom is 0.274 e. The number of carbonyl (C=O) groups is 2. The van der Waals surface area contributed by atoms with Gasteiger partial charge >= 0.3 is 0 Å². The van der Waals surface area contributed by atoms with Crippen LogP contribution < -0.4 is 10.7 Å². The Morgan fingerprint density at radius 2 is 2.00 bits per heavy atom. The lowest BCUT2D eigenvalue weighted by atomic mass is 9.97. The normalized spacial score (nSPS) is 16.6. The summed E-state index contributed by atoms with van der Waals surface area (Å²) in [5.74, 6) is -2.39. The van der Waals surface area contributed by atoms with E-state index in [-0.39, 0.29) is 29.4 Å². The third kappa shape index (κ3) is 3.47. The average molecular weight is 447 g/mol. The number of hydrogen-bond acceptors (Lipinski definition) is 4. The Hall–Kier alpha value is -3.94. The molecule has 8 heteroatoms. The number of carbonyl (C=O) groups excluding carboxylic acids is 2. The zero-order chi connectivity index (χ0) is 23.3. The number of aryl methyl sites for hydroxylation is 1. The molecule has 0 saturated heterocycles. The molecule has 7 nitrogen and oxygen atoms in total. The molecule has 2 aliphatic heterocycles. The monoisotopic (exact) mass is 447 g/mol. The van der Waals surface area contributed by atoms with Crippen molar-refractivity contribution in [3.8, 4) is 5.75 Å². The van der Waals surface area contributed by atoms with Crippen LogP contribution >= 0.6 is 0 Å². The van der Waals surface area contributed by atoms with E-state index in [1.54, 1.807) is 24.0 Å². The molecule has 1 aromatic heterocycles. The molecule has 0 aliphatic carbocycles. The quantitative estimate of drug-likeness (QED) is 0.646. The van der Waals surface area contributed by atoms with E-state index < -0.39 is 28.8 Å². The molecule has 168 valence electrons. The van der Waals surface area contributed by atoms with E-state index >= 15 is 0 Å². The van der Waals surface area contributed by atoms with Crippen LogP contribution in [0.4, 0.5) is 4.39 Å². The summed E-state index contributed by atoms with van der Waals surface area (Å²) in [6.07, 6.45) is 1.99. The molecule has 2 aromatic carbocycles. The van der Waals surface area contributed by atoms with Gasteiger partial charge in [-0.15, -0.1) is 0 Å². The predicted molar refractivity (Wildman–Crippen MR) is 119 cm³/mol. The molecular weight excluding hydrogens is 425 g/mol. The number of aromatic nitrogens is 1. The average Bonchev–Trinajstić information content (AvgIpc) is 2.97. The van der Waals surface area contributed by atoms with Crippen molar-refractivity contribution in [1.82, 2.24) is 14.8 Å². The van der Waals surface area contributed by atoms with Gasteiger partial charge in [-0.25, -0.2) is 4.39 Å². The number of nitrogens with zero attached hydrogens (tertiary/aromatic N) is 2. The first kappa shape index (κ1) is 20.9. The number of hydrogen-bond donors (Lipinski definition) is 2. The van der Waals surface area contributed by atoms with Gasteiger partial charge in [0.25, 0.3) is 11.8 Å². The van der Waals surface area contributed by atoms with Crippen LogP contribution in [0.15, 0.2) is 53.5 Å². The summed E-state index contributed by atoms with van der Waals surface area (Å²) >= 11 is 0. The highest BCUT2D eigenvalue weighted by Crippen LogP contribution is 2.34. The summed E-state index contributed by atoms with van der Waals surface area (Å²) < 4.78 is 15.7. The lowest BCUT2D eigenvalue weighted by Crippen LogP contribution is -2.45. The third-order valence-electron chi connectivity index (χ3n) is 6.39. The lowest BCUT2D eigenvalue weighted by Gasteiger charge is -2.35. The van der Waals surface area contributed by atoms with Crippen LogP contribution in [-0.2, 0) is 13.0 Å². The summed E-state index contributed by atoms with van der Waals surface area (Å²) in [5, 5.41) is 13.2. The Kier molecular flexibility index (Phi) is 5.00. The highest BCUT2D eigenvalue weighted by atomic mass is 19.1. The highest BCUT2D eigenvalue weighted by Gasteiger charge is 2.38. The maximum absolute atomic E-state index is 14.1. The number of benzene rings is 2. The molecule has 0 radical (unpaired) electrons. The van der Waals surface area contributed by atoms with Gasteiger partial charge in [-0.1, -0.05) is 36.4 Å². The van der Waals surface area contributed by atoms with Crippen molar-refractivity contribution >= 4 is 11.8 Å². The summed E-state index contributed by atoms with van der Waals surface area (Å²) in [5.41, 5.74) is 1.74. The van der Waals surface area contributed by atoms with E-state index in [2.05, 4.69) is 5.32 Å². The van der Waals surface area contributed by atoms with Gasteiger partial charge in [0.15, 0.2) is 11.4 Å². The molecule has 33 heavy (non-hydrogen) atoms. The van der Waals surface area contributed by atoms with Crippen LogP contribution in [0.3, 0.4) is 0 Å². The van der Waals surface area contributed by atoms with Crippen molar-refractivity contribution < 1.29 is 19.1 Å². The topological polar surface area (TPSA) is 91.6 Å². The van der Waals surface area contributed by atoms with E-state index in [4.69, 9.17) is 0 Å². The van der Waals surface area contributed by atoms with Crippen molar-refractivity contribution in [1.29, 1.82) is 0 Å². The second-order valence-electron chi connectivity index (χ2n) is 8.47. The number of rotatable bonds is 3. The van der Waals surface area contributed by atoms with Gasteiger partial charge in [-0.3, -0.25) is 14.4 Å². The number of halogens is 1. The Morgan fingerprint density at radius 1 is 1.21 bits per heavy atom. The van der Waals surface area contributed by atoms with Crippen LogP contribution in [0.1, 0.15) is 49.1 Å². The molecule has 0 saturated carbocycles. The molecule has 2 amide bonds. The maximum atomic E-state index is 14.1. The van der Waals surface area contributed by atoms with E-state index in [1.165, 1.54) is 16.8 Å². The van der Waals surface area contributed by atoms with Crippen molar-refractivity contribution in [2.75, 3.05) is 13.1 Å². The lowest BCUT2D eigenvalue weighted by molar-refractivity contribution is 0.0686. The fourth-order valence-electron chi connectivity index (χ4n) is 4.62. The number of fused-ring (bicyclic) bond motifs is 6. The van der Waals surface area contributed by atoms with Crippen molar-refractivity contribution in [2.45, 2.75) is 25.9 Å². The molecule has 3 aromatic rings. The van der Waals surface area contributed by atoms with E-state index in [1.807, 2.05) is 24.3 Å². The molecule has 1 atom stereocenters. The van der Waals surface area contributed by atoms with E-state index in [9.17, 15) is 23.9 Å². The molecule has 0 fully saturated rings. The zero-order valence-electron chi connectivity index (χ0n) is 18.0. The Balaban J connectivity index is 1.55. The minimum absolute atomic E-state index is 0.117. The molecular formula is C25H22FN3O4. The van der Waals surface area contributed by atoms with Crippen LogP contribution in [-0.4, -0.2) is 39.5 Å².